The summed E-state index contributed by atoms with van der Waals surface area (Å²) in [5.74, 6) is -2.79. The topological polar surface area (TPSA) is 77.9 Å². The fraction of sp³-hybridized carbons (Fsp3) is 0.0714. The third kappa shape index (κ3) is 3.55. The number of hydrogen-bond donors (Lipinski definition) is 1. The molecule has 5 nitrogen and oxygen atoms in total. The molecule has 1 amide bonds. The standard InChI is InChI=1S/C14H10F2N4O/c15-11-6-10(7-12(16)13(11)19-20-17)14(21)18-8-9-4-2-1-3-5-9/h1-7H,8H2,(H,18,21). The van der Waals surface area contributed by atoms with E-state index in [4.69, 9.17) is 5.53 Å². The van der Waals surface area contributed by atoms with Crippen molar-refractivity contribution in [1.29, 1.82) is 0 Å². The lowest BCUT2D eigenvalue weighted by Gasteiger charge is -2.07. The van der Waals surface area contributed by atoms with E-state index in [9.17, 15) is 13.6 Å². The van der Waals surface area contributed by atoms with E-state index in [1.54, 1.807) is 0 Å². The van der Waals surface area contributed by atoms with Crippen LogP contribution in [-0.4, -0.2) is 5.91 Å². The number of nitrogens with one attached hydrogen (secondary N) is 1. The predicted molar refractivity (Wildman–Crippen MR) is 72.8 cm³/mol. The van der Waals surface area contributed by atoms with E-state index in [-0.39, 0.29) is 12.1 Å². The maximum absolute atomic E-state index is 13.5. The zero-order chi connectivity index (χ0) is 15.2. The van der Waals surface area contributed by atoms with Crippen molar-refractivity contribution in [2.45, 2.75) is 6.54 Å². The van der Waals surface area contributed by atoms with E-state index in [1.165, 1.54) is 0 Å². The van der Waals surface area contributed by atoms with Crippen molar-refractivity contribution in [2.24, 2.45) is 5.11 Å². The van der Waals surface area contributed by atoms with Gasteiger partial charge in [-0.3, -0.25) is 4.79 Å². The van der Waals surface area contributed by atoms with Crippen LogP contribution in [0.1, 0.15) is 15.9 Å². The van der Waals surface area contributed by atoms with Crippen LogP contribution in [0.25, 0.3) is 10.4 Å². The molecule has 0 saturated carbocycles. The van der Waals surface area contributed by atoms with Crippen LogP contribution in [0.3, 0.4) is 0 Å². The van der Waals surface area contributed by atoms with Crippen LogP contribution in [-0.2, 0) is 6.54 Å². The molecule has 2 rings (SSSR count). The van der Waals surface area contributed by atoms with Gasteiger partial charge >= 0.3 is 0 Å². The Labute approximate surface area is 118 Å². The molecule has 0 saturated heterocycles. The fourth-order valence-corrected chi connectivity index (χ4v) is 1.72. The fourth-order valence-electron chi connectivity index (χ4n) is 1.72. The molecule has 0 heterocycles. The van der Waals surface area contributed by atoms with Crippen LogP contribution in [0.2, 0.25) is 0 Å². The van der Waals surface area contributed by atoms with Gasteiger partial charge in [0.2, 0.25) is 0 Å². The van der Waals surface area contributed by atoms with Crippen molar-refractivity contribution in [2.75, 3.05) is 0 Å². The monoisotopic (exact) mass is 288 g/mol. The molecule has 1 N–H and O–H groups in total. The molecule has 0 radical (unpaired) electrons. The van der Waals surface area contributed by atoms with E-state index >= 15 is 0 Å². The summed E-state index contributed by atoms with van der Waals surface area (Å²) >= 11 is 0. The summed E-state index contributed by atoms with van der Waals surface area (Å²) in [6.45, 7) is 0.237. The Hall–Kier alpha value is -2.92. The molecule has 2 aromatic rings. The number of carbonyl (C=O) groups is 1. The molecular formula is C14H10F2N4O. The average Bonchev–Trinajstić information content (AvgIpc) is 2.49. The normalized spacial score (nSPS) is 9.81. The minimum absolute atomic E-state index is 0.183. The smallest absolute Gasteiger partial charge is 0.251 e. The van der Waals surface area contributed by atoms with Gasteiger partial charge in [-0.2, -0.15) is 0 Å². The maximum atomic E-state index is 13.5. The molecule has 0 aliphatic carbocycles. The van der Waals surface area contributed by atoms with Gasteiger partial charge in [-0.05, 0) is 23.2 Å². The lowest BCUT2D eigenvalue weighted by Crippen LogP contribution is -2.23. The Bertz CT molecular complexity index is 689. The Kier molecular flexibility index (Phi) is 4.48. The molecule has 2 aromatic carbocycles. The van der Waals surface area contributed by atoms with Crippen molar-refractivity contribution in [3.8, 4) is 0 Å². The van der Waals surface area contributed by atoms with Crippen LogP contribution in [0.15, 0.2) is 47.6 Å². The number of azide groups is 1. The molecule has 0 unspecified atom stereocenters. The third-order valence-electron chi connectivity index (χ3n) is 2.72. The Morgan fingerprint density at radius 1 is 1.19 bits per heavy atom. The van der Waals surface area contributed by atoms with Gasteiger partial charge in [0.15, 0.2) is 0 Å². The minimum atomic E-state index is -1.09. The Morgan fingerprint density at radius 2 is 1.81 bits per heavy atom. The predicted octanol–water partition coefficient (Wildman–Crippen LogP) is 3.84. The molecule has 0 fully saturated rings. The molecule has 0 spiro atoms. The van der Waals surface area contributed by atoms with Crippen molar-refractivity contribution in [1.82, 2.24) is 5.32 Å². The number of amides is 1. The van der Waals surface area contributed by atoms with E-state index in [0.717, 1.165) is 17.7 Å². The van der Waals surface area contributed by atoms with E-state index in [0.29, 0.717) is 0 Å². The largest absolute Gasteiger partial charge is 0.348 e. The summed E-state index contributed by atoms with van der Waals surface area (Å²) in [6, 6.07) is 10.7. The van der Waals surface area contributed by atoms with Gasteiger partial charge in [0, 0.05) is 17.0 Å². The summed E-state index contributed by atoms with van der Waals surface area (Å²) in [4.78, 5) is 14.2. The molecule has 106 valence electrons. The van der Waals surface area contributed by atoms with Crippen LogP contribution in [0.4, 0.5) is 14.5 Å². The van der Waals surface area contributed by atoms with E-state index in [2.05, 4.69) is 15.3 Å². The van der Waals surface area contributed by atoms with Gasteiger partial charge in [0.1, 0.15) is 17.3 Å². The Balaban J connectivity index is 2.15. The second kappa shape index (κ2) is 6.49. The number of halogens is 2. The summed E-state index contributed by atoms with van der Waals surface area (Å²) in [5, 5.41) is 5.44. The Morgan fingerprint density at radius 3 is 2.38 bits per heavy atom. The van der Waals surface area contributed by atoms with Gasteiger partial charge in [-0.25, -0.2) is 8.78 Å². The first-order valence-electron chi connectivity index (χ1n) is 5.98. The molecule has 0 aliphatic heterocycles. The molecular weight excluding hydrogens is 278 g/mol. The zero-order valence-electron chi connectivity index (χ0n) is 10.8. The number of hydrogen-bond acceptors (Lipinski definition) is 2. The number of carbonyl (C=O) groups excluding carboxylic acids is 1. The van der Waals surface area contributed by atoms with E-state index in [1.807, 2.05) is 30.3 Å². The molecule has 0 atom stereocenters. The highest BCUT2D eigenvalue weighted by atomic mass is 19.1. The van der Waals surface area contributed by atoms with Gasteiger partial charge in [-0.1, -0.05) is 35.4 Å². The van der Waals surface area contributed by atoms with Gasteiger partial charge in [0.25, 0.3) is 5.91 Å². The second-order valence-electron chi connectivity index (χ2n) is 4.15. The second-order valence-corrected chi connectivity index (χ2v) is 4.15. The summed E-state index contributed by atoms with van der Waals surface area (Å²) < 4.78 is 27.1. The number of nitrogens with zero attached hydrogens (tertiary/aromatic N) is 3. The highest BCUT2D eigenvalue weighted by Crippen LogP contribution is 2.23. The van der Waals surface area contributed by atoms with Crippen LogP contribution < -0.4 is 5.32 Å². The molecule has 7 heteroatoms. The summed E-state index contributed by atoms with van der Waals surface area (Å²) in [5.41, 5.74) is 8.13. The SMILES string of the molecule is [N-]=[N+]=Nc1c(F)cc(C(=O)NCc2ccccc2)cc1F. The van der Waals surface area contributed by atoms with Crippen molar-refractivity contribution in [3.05, 3.63) is 75.7 Å². The minimum Gasteiger partial charge on any atom is -0.348 e. The first-order chi connectivity index (χ1) is 10.1. The first kappa shape index (κ1) is 14.5. The van der Waals surface area contributed by atoms with Gasteiger partial charge in [0.05, 0.1) is 0 Å². The van der Waals surface area contributed by atoms with Crippen molar-refractivity contribution < 1.29 is 13.6 Å². The lowest BCUT2D eigenvalue weighted by molar-refractivity contribution is 0.0950. The van der Waals surface area contributed by atoms with Crippen LogP contribution >= 0.6 is 0 Å². The summed E-state index contributed by atoms with van der Waals surface area (Å²) in [7, 11) is 0. The highest BCUT2D eigenvalue weighted by Gasteiger charge is 2.14. The average molecular weight is 288 g/mol. The van der Waals surface area contributed by atoms with Crippen molar-refractivity contribution >= 4 is 11.6 Å². The van der Waals surface area contributed by atoms with Gasteiger partial charge < -0.3 is 5.32 Å². The van der Waals surface area contributed by atoms with Gasteiger partial charge in [-0.15, -0.1) is 0 Å². The summed E-state index contributed by atoms with van der Waals surface area (Å²) in [6.07, 6.45) is 0. The van der Waals surface area contributed by atoms with E-state index < -0.39 is 23.2 Å². The quantitative estimate of drug-likeness (QED) is 0.518. The zero-order valence-corrected chi connectivity index (χ0v) is 10.8. The molecule has 0 aliphatic rings. The number of rotatable bonds is 4. The number of benzene rings is 2. The molecule has 0 aromatic heterocycles. The lowest BCUT2D eigenvalue weighted by atomic mass is 10.1. The highest BCUT2D eigenvalue weighted by molar-refractivity contribution is 5.94. The van der Waals surface area contributed by atoms with Crippen molar-refractivity contribution in [3.63, 3.8) is 0 Å². The van der Waals surface area contributed by atoms with Crippen LogP contribution in [0, 0.1) is 11.6 Å². The maximum Gasteiger partial charge on any atom is 0.251 e. The van der Waals surface area contributed by atoms with Crippen LogP contribution in [0.5, 0.6) is 0 Å². The third-order valence-corrected chi connectivity index (χ3v) is 2.72. The molecule has 21 heavy (non-hydrogen) atoms. The first-order valence-corrected chi connectivity index (χ1v) is 5.98. The molecule has 0 bridgehead atoms.